The van der Waals surface area contributed by atoms with Crippen LogP contribution in [0.5, 0.6) is 5.75 Å². The average molecular weight is 275 g/mol. The number of thioether (sulfide) groups is 1. The van der Waals surface area contributed by atoms with Crippen LogP contribution in [0.25, 0.3) is 0 Å². The van der Waals surface area contributed by atoms with E-state index in [0.717, 1.165) is 17.3 Å². The van der Waals surface area contributed by atoms with E-state index in [0.29, 0.717) is 17.5 Å². The minimum absolute atomic E-state index is 0.109. The summed E-state index contributed by atoms with van der Waals surface area (Å²) in [6.45, 7) is 7.10. The van der Waals surface area contributed by atoms with E-state index in [4.69, 9.17) is 10.5 Å². The molecule has 0 fully saturated rings. The molecule has 1 heterocycles. The van der Waals surface area contributed by atoms with Gasteiger partial charge in [0.05, 0.1) is 6.10 Å². The van der Waals surface area contributed by atoms with Crippen molar-refractivity contribution in [3.05, 3.63) is 0 Å². The summed E-state index contributed by atoms with van der Waals surface area (Å²) in [5, 5.41) is 4.30. The van der Waals surface area contributed by atoms with Gasteiger partial charge in [-0.25, -0.2) is 0 Å². The van der Waals surface area contributed by atoms with Crippen LogP contribution >= 0.6 is 23.3 Å². The molecule has 0 aliphatic rings. The number of aromatic nitrogens is 1. The van der Waals surface area contributed by atoms with Crippen molar-refractivity contribution in [2.45, 2.75) is 26.9 Å². The molecule has 17 heavy (non-hydrogen) atoms. The molecule has 0 saturated heterocycles. The molecule has 1 aromatic rings. The first-order chi connectivity index (χ1) is 8.04. The van der Waals surface area contributed by atoms with Gasteiger partial charge in [-0.2, -0.15) is 16.1 Å². The van der Waals surface area contributed by atoms with Crippen LogP contribution in [0.3, 0.4) is 0 Å². The number of hydrogen-bond donors (Lipinski definition) is 2. The Kier molecular flexibility index (Phi) is 5.91. The Morgan fingerprint density at radius 1 is 1.47 bits per heavy atom. The summed E-state index contributed by atoms with van der Waals surface area (Å²) in [6.07, 6.45) is 2.23. The molecule has 1 atom stereocenters. The van der Waals surface area contributed by atoms with Gasteiger partial charge in [0.25, 0.3) is 0 Å². The van der Waals surface area contributed by atoms with Crippen LogP contribution in [-0.2, 0) is 0 Å². The third-order valence-electron chi connectivity index (χ3n) is 2.09. The Morgan fingerprint density at radius 2 is 2.18 bits per heavy atom. The van der Waals surface area contributed by atoms with Gasteiger partial charge in [-0.15, -0.1) is 0 Å². The molecule has 98 valence electrons. The Balaban J connectivity index is 2.58. The number of nitrogens with one attached hydrogen (secondary N) is 1. The molecule has 0 spiro atoms. The largest absolute Gasteiger partial charge is 0.484 e. The predicted molar refractivity (Wildman–Crippen MR) is 78.3 cm³/mol. The summed E-state index contributed by atoms with van der Waals surface area (Å²) in [5.41, 5.74) is 5.78. The zero-order chi connectivity index (χ0) is 12.8. The van der Waals surface area contributed by atoms with Crippen molar-refractivity contribution < 1.29 is 4.74 Å². The number of hydrogen-bond acceptors (Lipinski definition) is 6. The zero-order valence-corrected chi connectivity index (χ0v) is 12.5. The Morgan fingerprint density at radius 3 is 2.76 bits per heavy atom. The van der Waals surface area contributed by atoms with Gasteiger partial charge in [0.1, 0.15) is 0 Å². The number of anilines is 2. The van der Waals surface area contributed by atoms with Crippen molar-refractivity contribution in [2.75, 3.05) is 29.6 Å². The summed E-state index contributed by atoms with van der Waals surface area (Å²) in [6, 6.07) is 0. The first kappa shape index (κ1) is 14.4. The fourth-order valence-corrected chi connectivity index (χ4v) is 2.71. The molecule has 6 heteroatoms. The van der Waals surface area contributed by atoms with Crippen LogP contribution < -0.4 is 15.8 Å². The Hall–Kier alpha value is -0.620. The summed E-state index contributed by atoms with van der Waals surface area (Å²) in [7, 11) is 0. The van der Waals surface area contributed by atoms with Crippen LogP contribution in [0, 0.1) is 5.92 Å². The first-order valence-corrected chi connectivity index (χ1v) is 7.86. The summed E-state index contributed by atoms with van der Waals surface area (Å²) in [5.74, 6) is 2.92. The molecule has 0 aliphatic heterocycles. The van der Waals surface area contributed by atoms with Gasteiger partial charge in [0.15, 0.2) is 16.6 Å². The van der Waals surface area contributed by atoms with Gasteiger partial charge in [-0.1, -0.05) is 6.92 Å². The fraction of sp³-hybridized carbons (Fsp3) is 0.727. The summed E-state index contributed by atoms with van der Waals surface area (Å²) in [4.78, 5) is 0. The maximum Gasteiger partial charge on any atom is 0.197 e. The normalized spacial score (nSPS) is 12.8. The molecule has 1 rings (SSSR count). The quantitative estimate of drug-likeness (QED) is 0.801. The topological polar surface area (TPSA) is 60.2 Å². The third-order valence-corrected chi connectivity index (χ3v) is 3.79. The fourth-order valence-electron chi connectivity index (χ4n) is 1.37. The van der Waals surface area contributed by atoms with Crippen molar-refractivity contribution in [3.8, 4) is 5.75 Å². The number of nitrogens with zero attached hydrogens (tertiary/aromatic N) is 1. The van der Waals surface area contributed by atoms with Gasteiger partial charge in [-0.05, 0) is 43.3 Å². The lowest BCUT2D eigenvalue weighted by Gasteiger charge is -2.14. The van der Waals surface area contributed by atoms with Crippen molar-refractivity contribution in [2.24, 2.45) is 5.92 Å². The SMILES string of the molecule is CSCC(C)CNc1snc(N)c1OC(C)C. The monoisotopic (exact) mass is 275 g/mol. The highest BCUT2D eigenvalue weighted by atomic mass is 32.2. The van der Waals surface area contributed by atoms with Crippen LogP contribution in [0.2, 0.25) is 0 Å². The van der Waals surface area contributed by atoms with Crippen LogP contribution in [0.15, 0.2) is 0 Å². The van der Waals surface area contributed by atoms with Gasteiger partial charge < -0.3 is 15.8 Å². The second-order valence-electron chi connectivity index (χ2n) is 4.33. The molecular weight excluding hydrogens is 254 g/mol. The van der Waals surface area contributed by atoms with E-state index in [1.54, 1.807) is 0 Å². The van der Waals surface area contributed by atoms with Crippen LogP contribution in [0.4, 0.5) is 10.8 Å². The van der Waals surface area contributed by atoms with Crippen LogP contribution in [-0.4, -0.2) is 29.0 Å². The van der Waals surface area contributed by atoms with E-state index in [1.165, 1.54) is 11.5 Å². The number of nitrogen functional groups attached to an aromatic ring is 1. The van der Waals surface area contributed by atoms with Gasteiger partial charge in [0, 0.05) is 6.54 Å². The molecular formula is C11H21N3OS2. The molecule has 3 N–H and O–H groups in total. The maximum absolute atomic E-state index is 5.78. The van der Waals surface area contributed by atoms with E-state index in [2.05, 4.69) is 22.9 Å². The van der Waals surface area contributed by atoms with E-state index in [-0.39, 0.29) is 6.10 Å². The van der Waals surface area contributed by atoms with Gasteiger partial charge in [-0.3, -0.25) is 0 Å². The molecule has 4 nitrogen and oxygen atoms in total. The Bertz CT molecular complexity index is 341. The number of rotatable bonds is 7. The van der Waals surface area contributed by atoms with E-state index < -0.39 is 0 Å². The molecule has 0 saturated carbocycles. The lowest BCUT2D eigenvalue weighted by molar-refractivity contribution is 0.245. The number of nitrogens with two attached hydrogens (primary N) is 1. The third kappa shape index (κ3) is 4.63. The highest BCUT2D eigenvalue weighted by Gasteiger charge is 2.14. The molecule has 0 amide bonds. The molecule has 0 radical (unpaired) electrons. The van der Waals surface area contributed by atoms with Crippen molar-refractivity contribution in [3.63, 3.8) is 0 Å². The van der Waals surface area contributed by atoms with E-state index in [9.17, 15) is 0 Å². The van der Waals surface area contributed by atoms with Gasteiger partial charge in [0.2, 0.25) is 0 Å². The summed E-state index contributed by atoms with van der Waals surface area (Å²) < 4.78 is 9.78. The second kappa shape index (κ2) is 6.96. The lowest BCUT2D eigenvalue weighted by atomic mass is 10.2. The molecule has 1 aromatic heterocycles. The van der Waals surface area contributed by atoms with Crippen molar-refractivity contribution >= 4 is 34.1 Å². The van der Waals surface area contributed by atoms with Crippen LogP contribution in [0.1, 0.15) is 20.8 Å². The van der Waals surface area contributed by atoms with E-state index in [1.807, 2.05) is 25.6 Å². The Labute approximate surface area is 111 Å². The zero-order valence-electron chi connectivity index (χ0n) is 10.8. The second-order valence-corrected chi connectivity index (χ2v) is 6.02. The van der Waals surface area contributed by atoms with Gasteiger partial charge >= 0.3 is 0 Å². The first-order valence-electron chi connectivity index (χ1n) is 5.69. The standard InChI is InChI=1S/C11H21N3OS2/c1-7(2)15-9-10(12)14-17-11(9)13-5-8(3)6-16-4/h7-8,13H,5-6H2,1-4H3,(H2,12,14). The molecule has 0 aliphatic carbocycles. The highest BCUT2D eigenvalue weighted by molar-refractivity contribution is 7.98. The lowest BCUT2D eigenvalue weighted by Crippen LogP contribution is -2.14. The molecule has 1 unspecified atom stereocenters. The van der Waals surface area contributed by atoms with E-state index >= 15 is 0 Å². The number of ether oxygens (including phenoxy) is 1. The van der Waals surface area contributed by atoms with Crippen molar-refractivity contribution in [1.82, 2.24) is 4.37 Å². The summed E-state index contributed by atoms with van der Waals surface area (Å²) >= 11 is 3.22. The average Bonchev–Trinajstić information content (AvgIpc) is 2.58. The minimum atomic E-state index is 0.109. The minimum Gasteiger partial charge on any atom is -0.484 e. The maximum atomic E-state index is 5.78. The smallest absolute Gasteiger partial charge is 0.197 e. The predicted octanol–water partition coefficient (Wildman–Crippen LogP) is 2.92. The highest BCUT2D eigenvalue weighted by Crippen LogP contribution is 2.35. The molecule has 0 aromatic carbocycles. The van der Waals surface area contributed by atoms with Crippen molar-refractivity contribution in [1.29, 1.82) is 0 Å². The molecule has 0 bridgehead atoms.